The molecule has 32 valence electrons. The Hall–Kier alpha value is 0.708. The molecule has 0 bridgehead atoms. The Morgan fingerprint density at radius 2 is 1.60 bits per heavy atom. The molecule has 3 heteroatoms. The Morgan fingerprint density at radius 3 is 1.60 bits per heavy atom. The molecular formula is C2H8AsOS+. The Balaban J connectivity index is 3.47. The zero-order valence-corrected chi connectivity index (χ0v) is 6.23. The molecule has 0 rings (SSSR count). The normalized spacial score (nSPS) is 11.8. The van der Waals surface area contributed by atoms with Crippen LogP contribution >= 0.6 is 0 Å². The molecule has 0 aliphatic heterocycles. The van der Waals surface area contributed by atoms with Crippen LogP contribution in [0, 0.1) is 0 Å². The molecule has 0 amide bonds. The van der Waals surface area contributed by atoms with Crippen LogP contribution < -0.4 is 0 Å². The molecule has 0 aromatic rings. The zero-order valence-electron chi connectivity index (χ0n) is 3.36. The Labute approximate surface area is 38.8 Å². The summed E-state index contributed by atoms with van der Waals surface area (Å²) in [7, 11) is 3.04. The summed E-state index contributed by atoms with van der Waals surface area (Å²) < 4.78 is 10.2. The number of rotatable bonds is 0. The molecule has 0 heterocycles. The van der Waals surface area contributed by atoms with Crippen molar-refractivity contribution in [1.82, 2.24) is 0 Å². The first-order valence-electron chi connectivity index (χ1n) is 1.30. The third kappa shape index (κ3) is 68.8. The molecule has 0 aliphatic rings. The van der Waals surface area contributed by atoms with Crippen LogP contribution in [-0.4, -0.2) is 12.3 Å². The van der Waals surface area contributed by atoms with Crippen molar-refractivity contribution >= 4 is 23.2 Å². The van der Waals surface area contributed by atoms with E-state index in [1.54, 1.807) is 11.4 Å². The molecule has 0 saturated carbocycles. The van der Waals surface area contributed by atoms with Crippen LogP contribution in [0.25, 0.3) is 0 Å². The van der Waals surface area contributed by atoms with Crippen LogP contribution in [0.3, 0.4) is 0 Å². The van der Waals surface area contributed by atoms with Gasteiger partial charge in [-0.2, -0.15) is 0 Å². The molecule has 0 radical (unpaired) electrons. The molecule has 0 spiro atoms. The molecular weight excluding hydrogens is 147 g/mol. The fourth-order valence-electron chi connectivity index (χ4n) is 0. The van der Waals surface area contributed by atoms with Crippen LogP contribution in [0.1, 0.15) is 0 Å². The predicted molar refractivity (Wildman–Crippen MR) is 28.3 cm³/mol. The summed E-state index contributed by atoms with van der Waals surface area (Å²) in [6.45, 7) is 0. The van der Waals surface area contributed by atoms with Gasteiger partial charge in [0.2, 0.25) is 0 Å². The molecule has 5 heavy (non-hydrogen) atoms. The predicted octanol–water partition coefficient (Wildman–Crippen LogP) is 0.130. The van der Waals surface area contributed by atoms with Crippen molar-refractivity contribution in [3.63, 3.8) is 0 Å². The van der Waals surface area contributed by atoms with Gasteiger partial charge in [0.25, 0.3) is 0 Å². The van der Waals surface area contributed by atoms with E-state index < -0.39 is 12.3 Å². The molecule has 0 aliphatic carbocycles. The van der Waals surface area contributed by atoms with Crippen LogP contribution in [-0.2, 0) is 14.6 Å². The Kier molecular flexibility index (Phi) is 1.64. The topological polar surface area (TPSA) is 17.1 Å². The van der Waals surface area contributed by atoms with Crippen molar-refractivity contribution < 1.29 is 3.74 Å². The third-order valence-electron chi connectivity index (χ3n) is 0. The van der Waals surface area contributed by atoms with E-state index in [1.807, 2.05) is 0 Å². The molecule has 0 unspecified atom stereocenters. The van der Waals surface area contributed by atoms with Gasteiger partial charge in [0.05, 0.1) is 0 Å². The van der Waals surface area contributed by atoms with Crippen LogP contribution in [0.15, 0.2) is 0 Å². The zero-order chi connectivity index (χ0) is 4.50. The van der Waals surface area contributed by atoms with Gasteiger partial charge in [-0.05, 0) is 0 Å². The summed E-state index contributed by atoms with van der Waals surface area (Å²) in [6.07, 6.45) is 0. The average molecular weight is 155 g/mol. The van der Waals surface area contributed by atoms with E-state index in [0.717, 1.165) is 0 Å². The van der Waals surface area contributed by atoms with Gasteiger partial charge in [0.15, 0.2) is 0 Å². The molecule has 0 fully saturated rings. The van der Waals surface area contributed by atoms with Gasteiger partial charge in [-0.3, -0.25) is 0 Å². The van der Waals surface area contributed by atoms with E-state index in [1.165, 1.54) is 0 Å². The van der Waals surface area contributed by atoms with Gasteiger partial charge in [0, 0.05) is 0 Å². The van der Waals surface area contributed by atoms with Crippen LogP contribution in [0.5, 0.6) is 0 Å². The van der Waals surface area contributed by atoms with E-state index in [-0.39, 0.29) is 0 Å². The van der Waals surface area contributed by atoms with Crippen LogP contribution in [0.4, 0.5) is 0 Å². The summed E-state index contributed by atoms with van der Waals surface area (Å²) in [5.41, 5.74) is 3.43. The summed E-state index contributed by atoms with van der Waals surface area (Å²) in [4.78, 5) is 0. The van der Waals surface area contributed by atoms with E-state index in [4.69, 9.17) is 0 Å². The van der Waals surface area contributed by atoms with Gasteiger partial charge in [-0.25, -0.2) is 0 Å². The second-order valence-corrected chi connectivity index (χ2v) is 12.6. The van der Waals surface area contributed by atoms with Crippen molar-refractivity contribution in [3.05, 3.63) is 0 Å². The third-order valence-corrected chi connectivity index (χ3v) is 0. The monoisotopic (exact) mass is 155 g/mol. The standard InChI is InChI=1S/C2H7AsOS/c1-3(2,4)5/h1-2H3,(H,4,5)/p+1. The van der Waals surface area contributed by atoms with Crippen molar-refractivity contribution in [1.29, 1.82) is 0 Å². The van der Waals surface area contributed by atoms with Gasteiger partial charge in [-0.1, -0.05) is 0 Å². The summed E-state index contributed by atoms with van der Waals surface area (Å²) in [5.74, 6) is 0. The van der Waals surface area contributed by atoms with Gasteiger partial charge < -0.3 is 0 Å². The van der Waals surface area contributed by atoms with Crippen molar-refractivity contribution in [2.75, 3.05) is 0 Å². The maximum atomic E-state index is 10.2. The van der Waals surface area contributed by atoms with E-state index in [0.29, 0.717) is 0 Å². The van der Waals surface area contributed by atoms with Crippen LogP contribution in [0.2, 0.25) is 11.4 Å². The number of hydrogen-bond donors (Lipinski definition) is 0. The second kappa shape index (κ2) is 1.44. The second-order valence-electron chi connectivity index (χ2n) is 1.35. The molecule has 0 atom stereocenters. The van der Waals surface area contributed by atoms with E-state index in [2.05, 4.69) is 10.9 Å². The van der Waals surface area contributed by atoms with Crippen molar-refractivity contribution in [2.45, 2.75) is 11.4 Å². The minimum absolute atomic E-state index is 1.72. The van der Waals surface area contributed by atoms with Crippen molar-refractivity contribution in [3.8, 4) is 0 Å². The SMILES string of the molecule is C[As](C)(=O)[SH2+]. The first-order chi connectivity index (χ1) is 2.00. The first-order valence-corrected chi connectivity index (χ1v) is 9.08. The van der Waals surface area contributed by atoms with Gasteiger partial charge in [-0.15, -0.1) is 0 Å². The minimum atomic E-state index is -2.32. The van der Waals surface area contributed by atoms with Crippen molar-refractivity contribution in [2.24, 2.45) is 0 Å². The summed E-state index contributed by atoms with van der Waals surface area (Å²) in [6, 6.07) is 0. The molecule has 0 saturated heterocycles. The Morgan fingerprint density at radius 1 is 1.60 bits per heavy atom. The first kappa shape index (κ1) is 5.71. The molecule has 0 aromatic carbocycles. The van der Waals surface area contributed by atoms with Gasteiger partial charge >= 0.3 is 38.4 Å². The summed E-state index contributed by atoms with van der Waals surface area (Å²) in [5, 5.41) is 0. The Bertz CT molecular complexity index is 55.8. The van der Waals surface area contributed by atoms with Gasteiger partial charge in [0.1, 0.15) is 0 Å². The van der Waals surface area contributed by atoms with E-state index >= 15 is 0 Å². The fourth-order valence-corrected chi connectivity index (χ4v) is 0. The maximum absolute atomic E-state index is 10.2. The molecule has 0 N–H and O–H groups in total. The quantitative estimate of drug-likeness (QED) is 0.359. The molecule has 0 aromatic heterocycles. The fraction of sp³-hybridized carbons (Fsp3) is 1.00. The molecule has 1 nitrogen and oxygen atoms in total. The summed E-state index contributed by atoms with van der Waals surface area (Å²) >= 11 is -2.32. The number of hydrogen-bond acceptors (Lipinski definition) is 1. The average Bonchev–Trinajstić information content (AvgIpc) is 0.722. The van der Waals surface area contributed by atoms with E-state index in [9.17, 15) is 3.74 Å².